The number of fused-ring (bicyclic) bond motifs is 4. The fourth-order valence-corrected chi connectivity index (χ4v) is 6.65. The largest absolute Gasteiger partial charge is 0.333 e. The molecule has 0 saturated carbocycles. The van der Waals surface area contributed by atoms with E-state index < -0.39 is 35.7 Å². The normalized spacial score (nSPS) is 15.3. The molecule has 0 radical (unpaired) electrons. The Labute approximate surface area is 298 Å². The number of benzene rings is 6. The summed E-state index contributed by atoms with van der Waals surface area (Å²) in [6, 6.07) is 34.2. The number of imide groups is 4. The lowest BCUT2D eigenvalue weighted by Crippen LogP contribution is -2.52. The van der Waals surface area contributed by atoms with E-state index in [-0.39, 0.29) is 11.1 Å². The van der Waals surface area contributed by atoms with Gasteiger partial charge in [0.1, 0.15) is 11.1 Å². The predicted molar refractivity (Wildman–Crippen MR) is 201 cm³/mol. The van der Waals surface area contributed by atoms with Crippen molar-refractivity contribution in [2.75, 3.05) is 28.2 Å². The van der Waals surface area contributed by atoms with E-state index in [1.165, 1.54) is 28.2 Å². The average Bonchev–Trinajstić information content (AvgIpc) is 3.17. The van der Waals surface area contributed by atoms with Gasteiger partial charge in [0.15, 0.2) is 0 Å². The summed E-state index contributed by atoms with van der Waals surface area (Å²) in [6.45, 7) is 0. The van der Waals surface area contributed by atoms with Crippen LogP contribution in [0.5, 0.6) is 0 Å². The lowest BCUT2D eigenvalue weighted by Gasteiger charge is -2.29. The second kappa shape index (κ2) is 13.1. The molecule has 10 heteroatoms. The van der Waals surface area contributed by atoms with Crippen LogP contribution < -0.4 is 0 Å². The van der Waals surface area contributed by atoms with Crippen LogP contribution in [0.15, 0.2) is 120 Å². The van der Waals surface area contributed by atoms with Gasteiger partial charge >= 0.3 is 12.1 Å². The van der Waals surface area contributed by atoms with Crippen molar-refractivity contribution < 1.29 is 28.8 Å². The van der Waals surface area contributed by atoms with Gasteiger partial charge in [0.25, 0.3) is 23.6 Å². The minimum Gasteiger partial charge on any atom is -0.268 e. The lowest BCUT2D eigenvalue weighted by atomic mass is 9.94. The van der Waals surface area contributed by atoms with Crippen LogP contribution in [0.2, 0.25) is 0 Å². The number of nitrogens with zero attached hydrogens (tertiary/aromatic N) is 4. The maximum Gasteiger partial charge on any atom is 0.333 e. The number of likely N-dealkylation sites (N-methyl/N-ethyl adjacent to an activating group) is 4. The zero-order valence-electron chi connectivity index (χ0n) is 28.8. The standard InChI is InChI=1S/2C21H16N2O3/c2*1-22-19(24)18(20(25)23(2)21(22)26)12-17-15-9-5-3-7-13(15)11-14-8-4-6-10-16(14)17/h2*3-12H,1-2H3. The van der Waals surface area contributed by atoms with Crippen molar-refractivity contribution in [1.82, 2.24) is 19.6 Å². The summed E-state index contributed by atoms with van der Waals surface area (Å²) in [5.74, 6) is -2.35. The minimum absolute atomic E-state index is 0.0175. The highest BCUT2D eigenvalue weighted by atomic mass is 16.2. The third-order valence-corrected chi connectivity index (χ3v) is 9.49. The summed E-state index contributed by atoms with van der Waals surface area (Å²) in [5.41, 5.74) is 1.56. The first kappa shape index (κ1) is 33.6. The van der Waals surface area contributed by atoms with E-state index in [9.17, 15) is 28.8 Å². The van der Waals surface area contributed by atoms with Gasteiger partial charge < -0.3 is 0 Å². The summed E-state index contributed by atoms with van der Waals surface area (Å²) < 4.78 is 0. The van der Waals surface area contributed by atoms with Gasteiger partial charge in [-0.05, 0) is 78.5 Å². The minimum atomic E-state index is -0.625. The highest BCUT2D eigenvalue weighted by Gasteiger charge is 2.39. The van der Waals surface area contributed by atoms with Gasteiger partial charge in [0.05, 0.1) is 0 Å². The number of carbonyl (C=O) groups excluding carboxylic acids is 6. The molecule has 256 valence electrons. The van der Waals surface area contributed by atoms with Gasteiger partial charge in [-0.3, -0.25) is 38.8 Å². The van der Waals surface area contributed by atoms with Crippen molar-refractivity contribution in [3.63, 3.8) is 0 Å². The van der Waals surface area contributed by atoms with Crippen molar-refractivity contribution >= 4 is 90.9 Å². The zero-order valence-corrected chi connectivity index (χ0v) is 28.8. The van der Waals surface area contributed by atoms with E-state index in [4.69, 9.17) is 0 Å². The molecular weight excluding hydrogens is 656 g/mol. The van der Waals surface area contributed by atoms with E-state index in [1.807, 2.05) is 97.1 Å². The third kappa shape index (κ3) is 5.56. The Balaban J connectivity index is 0.000000162. The van der Waals surface area contributed by atoms with Crippen LogP contribution in [0.25, 0.3) is 55.2 Å². The molecule has 0 N–H and O–H groups in total. The molecule has 52 heavy (non-hydrogen) atoms. The topological polar surface area (TPSA) is 115 Å². The fraction of sp³-hybridized carbons (Fsp3) is 0.0952. The van der Waals surface area contributed by atoms with Gasteiger partial charge in [-0.2, -0.15) is 0 Å². The first-order chi connectivity index (χ1) is 25.0. The Morgan fingerprint density at radius 2 is 0.596 bits per heavy atom. The number of barbiturate groups is 2. The van der Waals surface area contributed by atoms with Gasteiger partial charge in [-0.1, -0.05) is 97.1 Å². The van der Waals surface area contributed by atoms with Gasteiger partial charge in [0, 0.05) is 28.2 Å². The molecule has 2 fully saturated rings. The average molecular weight is 689 g/mol. The maximum atomic E-state index is 12.6. The highest BCUT2D eigenvalue weighted by Crippen LogP contribution is 2.33. The first-order valence-electron chi connectivity index (χ1n) is 16.4. The summed E-state index contributed by atoms with van der Waals surface area (Å²) in [5, 5.41) is 7.86. The van der Waals surface area contributed by atoms with E-state index in [2.05, 4.69) is 12.1 Å². The van der Waals surface area contributed by atoms with Crippen molar-refractivity contribution in [3.8, 4) is 0 Å². The van der Waals surface area contributed by atoms with Crippen LogP contribution in [0, 0.1) is 0 Å². The zero-order chi connectivity index (χ0) is 36.8. The molecule has 2 heterocycles. The first-order valence-corrected chi connectivity index (χ1v) is 16.4. The van der Waals surface area contributed by atoms with E-state index in [1.54, 1.807) is 12.2 Å². The molecule has 10 nitrogen and oxygen atoms in total. The predicted octanol–water partition coefficient (Wildman–Crippen LogP) is 6.85. The van der Waals surface area contributed by atoms with Crippen LogP contribution >= 0.6 is 0 Å². The Kier molecular flexibility index (Phi) is 8.43. The van der Waals surface area contributed by atoms with Crippen molar-refractivity contribution in [2.45, 2.75) is 0 Å². The molecular formula is C42H32N4O6. The number of amides is 8. The monoisotopic (exact) mass is 688 g/mol. The van der Waals surface area contributed by atoms with E-state index in [0.29, 0.717) is 0 Å². The molecule has 0 aliphatic carbocycles. The van der Waals surface area contributed by atoms with Crippen LogP contribution in [0.1, 0.15) is 11.1 Å². The van der Waals surface area contributed by atoms with Gasteiger partial charge in [0.2, 0.25) is 0 Å². The summed E-state index contributed by atoms with van der Waals surface area (Å²) in [7, 11) is 5.51. The lowest BCUT2D eigenvalue weighted by molar-refractivity contribution is -0.135. The van der Waals surface area contributed by atoms with E-state index >= 15 is 0 Å². The SMILES string of the molecule is CN1C(=O)C(=Cc2c3ccccc3cc3ccccc23)C(=O)N(C)C1=O.CN1C(=O)C(=Cc2c3ccccc3cc3ccccc23)C(=O)N(C)C1=O. The quantitative estimate of drug-likeness (QED) is 0.112. The molecule has 0 atom stereocenters. The van der Waals surface area contributed by atoms with Crippen LogP contribution in [0.3, 0.4) is 0 Å². The van der Waals surface area contributed by atoms with Crippen LogP contribution in [-0.4, -0.2) is 83.5 Å². The number of urea groups is 2. The van der Waals surface area contributed by atoms with Crippen LogP contribution in [0.4, 0.5) is 9.59 Å². The summed E-state index contributed by atoms with van der Waals surface area (Å²) >= 11 is 0. The Morgan fingerprint density at radius 3 is 0.846 bits per heavy atom. The fourth-order valence-electron chi connectivity index (χ4n) is 6.65. The molecule has 2 aliphatic rings. The van der Waals surface area contributed by atoms with Crippen molar-refractivity contribution in [2.24, 2.45) is 0 Å². The van der Waals surface area contributed by atoms with Gasteiger partial charge in [-0.25, -0.2) is 9.59 Å². The molecule has 2 saturated heterocycles. The molecule has 0 bridgehead atoms. The van der Waals surface area contributed by atoms with Gasteiger partial charge in [-0.15, -0.1) is 0 Å². The van der Waals surface area contributed by atoms with Crippen LogP contribution in [-0.2, 0) is 19.2 Å². The highest BCUT2D eigenvalue weighted by molar-refractivity contribution is 6.32. The van der Waals surface area contributed by atoms with Crippen molar-refractivity contribution in [1.29, 1.82) is 0 Å². The number of rotatable bonds is 2. The second-order valence-corrected chi connectivity index (χ2v) is 12.6. The molecule has 6 aromatic carbocycles. The molecule has 6 aromatic rings. The number of hydrogen-bond donors (Lipinski definition) is 0. The Morgan fingerprint density at radius 1 is 0.365 bits per heavy atom. The smallest absolute Gasteiger partial charge is 0.268 e. The van der Waals surface area contributed by atoms with Crippen molar-refractivity contribution in [3.05, 3.63) is 131 Å². The molecule has 0 aromatic heterocycles. The number of carbonyl (C=O) groups is 6. The molecule has 0 unspecified atom stereocenters. The molecule has 0 spiro atoms. The molecule has 8 rings (SSSR count). The second-order valence-electron chi connectivity index (χ2n) is 12.6. The third-order valence-electron chi connectivity index (χ3n) is 9.49. The molecule has 8 amide bonds. The molecule has 2 aliphatic heterocycles. The number of hydrogen-bond acceptors (Lipinski definition) is 6. The Bertz CT molecular complexity index is 2280. The summed E-state index contributed by atoms with van der Waals surface area (Å²) in [6.07, 6.45) is 3.21. The summed E-state index contributed by atoms with van der Waals surface area (Å²) in [4.78, 5) is 78.0. The Hall–Kier alpha value is -6.94. The maximum absolute atomic E-state index is 12.6. The van der Waals surface area contributed by atoms with E-state index in [0.717, 1.165) is 73.8 Å².